The van der Waals surface area contributed by atoms with E-state index in [0.29, 0.717) is 13.0 Å². The Morgan fingerprint density at radius 1 is 1.12 bits per heavy atom. The van der Waals surface area contributed by atoms with E-state index in [2.05, 4.69) is 12.2 Å². The van der Waals surface area contributed by atoms with Crippen molar-refractivity contribution in [2.75, 3.05) is 19.0 Å². The molecule has 1 N–H and O–H groups in total. The van der Waals surface area contributed by atoms with Crippen LogP contribution in [0, 0.1) is 5.92 Å². The normalized spacial score (nSPS) is 13.0. The lowest BCUT2D eigenvalue weighted by atomic mass is 9.89. The van der Waals surface area contributed by atoms with E-state index in [9.17, 15) is 9.59 Å². The average Bonchev–Trinajstić information content (AvgIpc) is 2.57. The number of hydrogen-bond acceptors (Lipinski definition) is 5. The average molecular weight is 335 g/mol. The number of rotatable bonds is 11. The van der Waals surface area contributed by atoms with Crippen molar-refractivity contribution < 1.29 is 19.1 Å². The minimum atomic E-state index is -0.673. The number of anilines is 1. The Labute approximate surface area is 144 Å². The van der Waals surface area contributed by atoms with Gasteiger partial charge < -0.3 is 14.8 Å². The lowest BCUT2D eigenvalue weighted by molar-refractivity contribution is -0.147. The molecule has 0 saturated carbocycles. The summed E-state index contributed by atoms with van der Waals surface area (Å²) in [5.74, 6) is -0.0350. The number of benzene rings is 1. The standard InChI is InChI=1S/C19H29NO4/c1-5-7-8-9-17(14(3)21)18(19(22)24-6-2)20-15-10-12-16(23-4)13-11-15/h10-13,17-18,20H,5-9H2,1-4H3/t17-,18-/m0/s1. The van der Waals surface area contributed by atoms with Crippen LogP contribution in [0.3, 0.4) is 0 Å². The van der Waals surface area contributed by atoms with Crippen LogP contribution in [0.25, 0.3) is 0 Å². The summed E-state index contributed by atoms with van der Waals surface area (Å²) in [7, 11) is 1.60. The summed E-state index contributed by atoms with van der Waals surface area (Å²) in [6.45, 7) is 5.71. The van der Waals surface area contributed by atoms with Crippen molar-refractivity contribution in [3.63, 3.8) is 0 Å². The Bertz CT molecular complexity index is 513. The molecule has 5 heteroatoms. The third kappa shape index (κ3) is 6.22. The van der Waals surface area contributed by atoms with Crippen LogP contribution in [-0.4, -0.2) is 31.5 Å². The van der Waals surface area contributed by atoms with Crippen molar-refractivity contribution in [1.82, 2.24) is 0 Å². The number of methoxy groups -OCH3 is 1. The summed E-state index contributed by atoms with van der Waals surface area (Å²) in [6.07, 6.45) is 3.71. The minimum Gasteiger partial charge on any atom is -0.497 e. The minimum absolute atomic E-state index is 0.00479. The van der Waals surface area contributed by atoms with Crippen LogP contribution in [0.15, 0.2) is 24.3 Å². The van der Waals surface area contributed by atoms with Crippen LogP contribution in [0.5, 0.6) is 5.75 Å². The third-order valence-electron chi connectivity index (χ3n) is 4.00. The fourth-order valence-electron chi connectivity index (χ4n) is 2.64. The predicted molar refractivity (Wildman–Crippen MR) is 95.4 cm³/mol. The molecule has 0 aliphatic rings. The van der Waals surface area contributed by atoms with Crippen LogP contribution >= 0.6 is 0 Å². The first-order valence-electron chi connectivity index (χ1n) is 8.61. The number of unbranched alkanes of at least 4 members (excludes halogenated alkanes) is 2. The van der Waals surface area contributed by atoms with E-state index in [0.717, 1.165) is 30.7 Å². The number of hydrogen-bond donors (Lipinski definition) is 1. The number of Topliss-reactive ketones (excluding diaryl/α,β-unsaturated/α-hetero) is 1. The fraction of sp³-hybridized carbons (Fsp3) is 0.579. The molecule has 0 fully saturated rings. The zero-order valence-electron chi connectivity index (χ0n) is 15.1. The maximum atomic E-state index is 12.4. The molecule has 0 spiro atoms. The van der Waals surface area contributed by atoms with Crippen LogP contribution in [0.1, 0.15) is 46.5 Å². The second-order valence-corrected chi connectivity index (χ2v) is 5.82. The second kappa shape index (κ2) is 10.7. The zero-order valence-corrected chi connectivity index (χ0v) is 15.1. The van der Waals surface area contributed by atoms with Crippen molar-refractivity contribution in [3.05, 3.63) is 24.3 Å². The summed E-state index contributed by atoms with van der Waals surface area (Å²) >= 11 is 0. The van der Waals surface area contributed by atoms with Gasteiger partial charge in [0.15, 0.2) is 0 Å². The molecule has 1 aromatic carbocycles. The quantitative estimate of drug-likeness (QED) is 0.492. The first-order chi connectivity index (χ1) is 11.5. The van der Waals surface area contributed by atoms with Gasteiger partial charge in [-0.1, -0.05) is 26.2 Å². The molecule has 0 saturated heterocycles. The van der Waals surface area contributed by atoms with E-state index in [1.54, 1.807) is 21.0 Å². The number of ether oxygens (including phenoxy) is 2. The Kier molecular flexibility index (Phi) is 8.90. The van der Waals surface area contributed by atoms with Crippen molar-refractivity contribution >= 4 is 17.4 Å². The van der Waals surface area contributed by atoms with Crippen molar-refractivity contribution in [3.8, 4) is 5.75 Å². The third-order valence-corrected chi connectivity index (χ3v) is 4.00. The first-order valence-corrected chi connectivity index (χ1v) is 8.61. The maximum absolute atomic E-state index is 12.4. The number of carbonyl (C=O) groups is 2. The van der Waals surface area contributed by atoms with Gasteiger partial charge in [-0.25, -0.2) is 4.79 Å². The molecule has 0 aliphatic carbocycles. The zero-order chi connectivity index (χ0) is 17.9. The highest BCUT2D eigenvalue weighted by atomic mass is 16.5. The van der Waals surface area contributed by atoms with Gasteiger partial charge in [-0.2, -0.15) is 0 Å². The summed E-state index contributed by atoms with van der Waals surface area (Å²) in [4.78, 5) is 24.5. The van der Waals surface area contributed by atoms with Gasteiger partial charge in [0.05, 0.1) is 13.7 Å². The Morgan fingerprint density at radius 3 is 2.29 bits per heavy atom. The van der Waals surface area contributed by atoms with Gasteiger partial charge in [0.1, 0.15) is 17.6 Å². The van der Waals surface area contributed by atoms with Gasteiger partial charge in [0, 0.05) is 11.6 Å². The molecular weight excluding hydrogens is 306 g/mol. The number of ketones is 1. The van der Waals surface area contributed by atoms with Gasteiger partial charge in [-0.15, -0.1) is 0 Å². The molecule has 0 bridgehead atoms. The Hall–Kier alpha value is -2.04. The van der Waals surface area contributed by atoms with Gasteiger partial charge in [-0.3, -0.25) is 4.79 Å². The van der Waals surface area contributed by atoms with E-state index in [4.69, 9.17) is 9.47 Å². The molecular formula is C19H29NO4. The lowest BCUT2D eigenvalue weighted by Crippen LogP contribution is -2.41. The maximum Gasteiger partial charge on any atom is 0.329 e. The molecule has 1 aromatic rings. The van der Waals surface area contributed by atoms with E-state index >= 15 is 0 Å². The van der Waals surface area contributed by atoms with E-state index in [1.807, 2.05) is 24.3 Å². The molecule has 134 valence electrons. The molecule has 1 rings (SSSR count). The summed E-state index contributed by atoms with van der Waals surface area (Å²) in [5.41, 5.74) is 0.760. The van der Waals surface area contributed by atoms with E-state index in [1.165, 1.54) is 0 Å². The smallest absolute Gasteiger partial charge is 0.329 e. The van der Waals surface area contributed by atoms with Crippen molar-refractivity contribution in [2.45, 2.75) is 52.5 Å². The van der Waals surface area contributed by atoms with Crippen LogP contribution in [0.4, 0.5) is 5.69 Å². The molecule has 2 atom stereocenters. The van der Waals surface area contributed by atoms with Crippen molar-refractivity contribution in [1.29, 1.82) is 0 Å². The van der Waals surface area contributed by atoms with E-state index in [-0.39, 0.29) is 11.8 Å². The van der Waals surface area contributed by atoms with E-state index < -0.39 is 12.0 Å². The summed E-state index contributed by atoms with van der Waals surface area (Å²) in [6, 6.07) is 6.60. The summed E-state index contributed by atoms with van der Waals surface area (Å²) < 4.78 is 10.3. The van der Waals surface area contributed by atoms with Crippen LogP contribution in [-0.2, 0) is 14.3 Å². The number of nitrogens with one attached hydrogen (secondary N) is 1. The van der Waals surface area contributed by atoms with Gasteiger partial charge in [-0.05, 0) is 44.5 Å². The van der Waals surface area contributed by atoms with Crippen molar-refractivity contribution in [2.24, 2.45) is 5.92 Å². The molecule has 5 nitrogen and oxygen atoms in total. The van der Waals surface area contributed by atoms with Gasteiger partial charge in [0.25, 0.3) is 0 Å². The van der Waals surface area contributed by atoms with Gasteiger partial charge >= 0.3 is 5.97 Å². The number of esters is 1. The second-order valence-electron chi connectivity index (χ2n) is 5.82. The Morgan fingerprint density at radius 2 is 1.79 bits per heavy atom. The van der Waals surface area contributed by atoms with Crippen LogP contribution in [0.2, 0.25) is 0 Å². The molecule has 0 aromatic heterocycles. The lowest BCUT2D eigenvalue weighted by Gasteiger charge is -2.25. The van der Waals surface area contributed by atoms with Gasteiger partial charge in [0.2, 0.25) is 0 Å². The molecule has 24 heavy (non-hydrogen) atoms. The summed E-state index contributed by atoms with van der Waals surface area (Å²) in [5, 5.41) is 3.17. The van der Waals surface area contributed by atoms with Crippen LogP contribution < -0.4 is 10.1 Å². The highest BCUT2D eigenvalue weighted by Crippen LogP contribution is 2.22. The topological polar surface area (TPSA) is 64.6 Å². The monoisotopic (exact) mass is 335 g/mol. The molecule has 0 heterocycles. The first kappa shape index (κ1) is 20.0. The largest absolute Gasteiger partial charge is 0.497 e. The SMILES string of the molecule is CCCCC[C@@H](C(C)=O)[C@H](Nc1ccc(OC)cc1)C(=O)OCC. The number of carbonyl (C=O) groups excluding carboxylic acids is 2. The predicted octanol–water partition coefficient (Wildman–Crippen LogP) is 3.82. The highest BCUT2D eigenvalue weighted by molar-refractivity contribution is 5.89. The molecule has 0 amide bonds. The Balaban J connectivity index is 2.94. The molecule has 0 radical (unpaired) electrons. The highest BCUT2D eigenvalue weighted by Gasteiger charge is 2.32. The molecule has 0 unspecified atom stereocenters. The molecule has 0 aliphatic heterocycles. The fourth-order valence-corrected chi connectivity index (χ4v) is 2.64.